The SMILES string of the molecule is C#CC[C@@H](O)/C=C/C=C/C#C[C@H](O)CCCC(C)=O.C#CC[C@@H](O)/C=C/C=C/C#C[C@H](O)CCCC(C)=O.C#CC[C@H](O)/C=C/C=C/C#C[C@@H](O)CCCC(C)=O.C#CC[C@H](O)/C=C/C=C/C#C[C@@H](O)CCCC(C)=O.S.S. The van der Waals surface area contributed by atoms with Crippen LogP contribution in [0.15, 0.2) is 97.2 Å². The van der Waals surface area contributed by atoms with Crippen LogP contribution in [0.4, 0.5) is 0 Å². The Labute approximate surface area is 481 Å². The minimum absolute atomic E-state index is 0. The molecule has 0 aliphatic carbocycles. The normalized spacial score (nSPS) is 13.4. The highest BCUT2D eigenvalue weighted by atomic mass is 32.1. The average molecular weight is 1110 g/mol. The lowest BCUT2D eigenvalue weighted by atomic mass is 10.1. The summed E-state index contributed by atoms with van der Waals surface area (Å²) in [7, 11) is 0. The maximum absolute atomic E-state index is 10.7. The maximum Gasteiger partial charge on any atom is 0.129 e. The molecule has 0 unspecified atom stereocenters. The van der Waals surface area contributed by atoms with Crippen molar-refractivity contribution >= 4 is 50.1 Å². The second kappa shape index (κ2) is 63.0. The summed E-state index contributed by atoms with van der Waals surface area (Å²) in [4.78, 5) is 42.8. The van der Waals surface area contributed by atoms with Gasteiger partial charge in [0.05, 0.1) is 24.4 Å². The van der Waals surface area contributed by atoms with Gasteiger partial charge in [0.1, 0.15) is 47.5 Å². The van der Waals surface area contributed by atoms with Crippen LogP contribution >= 0.6 is 27.0 Å². The Hall–Kier alpha value is -6.54. The first-order valence-electron chi connectivity index (χ1n) is 24.8. The molecule has 0 saturated heterocycles. The molecule has 8 atom stereocenters. The molecular weight excluding hydrogens is 1020 g/mol. The molecule has 0 saturated carbocycles. The zero-order valence-electron chi connectivity index (χ0n) is 45.7. The van der Waals surface area contributed by atoms with Gasteiger partial charge in [0.15, 0.2) is 0 Å². The van der Waals surface area contributed by atoms with Gasteiger partial charge >= 0.3 is 0 Å². The second-order valence-electron chi connectivity index (χ2n) is 16.5. The van der Waals surface area contributed by atoms with Crippen molar-refractivity contribution in [3.05, 3.63) is 97.2 Å². The van der Waals surface area contributed by atoms with E-state index in [9.17, 15) is 60.0 Å². The molecule has 0 aliphatic rings. The molecular formula is C64H84O12S2. The molecule has 0 radical (unpaired) electrons. The van der Waals surface area contributed by atoms with Gasteiger partial charge in [-0.15, -0.1) is 49.4 Å². The number of ketones is 4. The predicted molar refractivity (Wildman–Crippen MR) is 325 cm³/mol. The molecule has 14 heteroatoms. The van der Waals surface area contributed by atoms with Gasteiger partial charge in [0, 0.05) is 51.4 Å². The first-order chi connectivity index (χ1) is 36.2. The number of carbonyl (C=O) groups excluding carboxylic acids is 4. The summed E-state index contributed by atoms with van der Waals surface area (Å²) in [5, 5.41) is 75.0. The fraction of sp³-hybridized carbons (Fsp3) is 0.438. The van der Waals surface area contributed by atoms with Crippen LogP contribution in [0.2, 0.25) is 0 Å². The van der Waals surface area contributed by atoms with Crippen LogP contribution in [0.25, 0.3) is 0 Å². The van der Waals surface area contributed by atoms with E-state index in [1.54, 1.807) is 97.2 Å². The van der Waals surface area contributed by atoms with E-state index < -0.39 is 48.8 Å². The molecule has 0 amide bonds. The van der Waals surface area contributed by atoms with Gasteiger partial charge in [0.2, 0.25) is 0 Å². The van der Waals surface area contributed by atoms with Crippen molar-refractivity contribution in [2.75, 3.05) is 0 Å². The van der Waals surface area contributed by atoms with Crippen LogP contribution in [-0.4, -0.2) is 113 Å². The summed E-state index contributed by atoms with van der Waals surface area (Å²) >= 11 is 0. The smallest absolute Gasteiger partial charge is 0.129 e. The number of terminal acetylenes is 4. The molecule has 0 aromatic carbocycles. The van der Waals surface area contributed by atoms with Gasteiger partial charge in [-0.2, -0.15) is 27.0 Å². The van der Waals surface area contributed by atoms with E-state index in [0.717, 1.165) is 0 Å². The molecule has 0 heterocycles. The van der Waals surface area contributed by atoms with Crippen LogP contribution in [0, 0.1) is 96.7 Å². The minimum Gasteiger partial charge on any atom is -0.388 e. The van der Waals surface area contributed by atoms with Gasteiger partial charge in [-0.05, 0) is 103 Å². The van der Waals surface area contributed by atoms with E-state index in [1.807, 2.05) is 0 Å². The van der Waals surface area contributed by atoms with Crippen LogP contribution in [0.1, 0.15) is 130 Å². The lowest BCUT2D eigenvalue weighted by Gasteiger charge is -2.00. The standard InChI is InChI=1S/4C16H20O3.2H2S/c4*1-3-9-15(18)11-6-4-5-7-12-16(19)13-8-10-14(2)17;;/h4*1,4-6,11,15-16,18-19H,8-10,13H2,2H3;2*1H2/b4*5-4+,11-6+;;/t4*15-,16+;;/m1100../s1. The van der Waals surface area contributed by atoms with Crippen molar-refractivity contribution in [1.82, 2.24) is 0 Å². The lowest BCUT2D eigenvalue weighted by molar-refractivity contribution is -0.118. The Bertz CT molecular complexity index is 2000. The van der Waals surface area contributed by atoms with Crippen LogP contribution in [0.3, 0.4) is 0 Å². The molecule has 0 bridgehead atoms. The quantitative estimate of drug-likeness (QED) is 0.0304. The van der Waals surface area contributed by atoms with Crippen molar-refractivity contribution in [2.45, 2.75) is 179 Å². The zero-order valence-corrected chi connectivity index (χ0v) is 47.7. The van der Waals surface area contributed by atoms with Crippen LogP contribution in [-0.2, 0) is 19.2 Å². The largest absolute Gasteiger partial charge is 0.388 e. The van der Waals surface area contributed by atoms with Crippen molar-refractivity contribution < 1.29 is 60.0 Å². The third-order valence-electron chi connectivity index (χ3n) is 8.83. The maximum atomic E-state index is 10.7. The molecule has 8 N–H and O–H groups in total. The Balaban J connectivity index is -0.000000220. The Morgan fingerprint density at radius 1 is 0.346 bits per heavy atom. The monoisotopic (exact) mass is 1110 g/mol. The van der Waals surface area contributed by atoms with E-state index in [0.29, 0.717) is 77.0 Å². The first-order valence-corrected chi connectivity index (χ1v) is 24.8. The minimum atomic E-state index is -0.708. The Morgan fingerprint density at radius 3 is 0.679 bits per heavy atom. The zero-order chi connectivity index (χ0) is 58.0. The van der Waals surface area contributed by atoms with Gasteiger partial charge < -0.3 is 60.0 Å². The highest BCUT2D eigenvalue weighted by molar-refractivity contribution is 7.59. The Kier molecular flexibility index (Phi) is 66.9. The second-order valence-corrected chi connectivity index (χ2v) is 16.5. The van der Waals surface area contributed by atoms with E-state index in [-0.39, 0.29) is 75.8 Å². The lowest BCUT2D eigenvalue weighted by Crippen LogP contribution is -2.03. The molecule has 0 aliphatic heterocycles. The van der Waals surface area contributed by atoms with E-state index in [4.69, 9.17) is 25.7 Å². The van der Waals surface area contributed by atoms with Crippen molar-refractivity contribution in [2.24, 2.45) is 0 Å². The first kappa shape index (κ1) is 82.8. The topological polar surface area (TPSA) is 230 Å². The van der Waals surface area contributed by atoms with Crippen LogP contribution in [0.5, 0.6) is 0 Å². The number of hydrogen-bond acceptors (Lipinski definition) is 12. The van der Waals surface area contributed by atoms with Crippen molar-refractivity contribution in [3.8, 4) is 96.7 Å². The van der Waals surface area contributed by atoms with Crippen molar-refractivity contribution in [1.29, 1.82) is 0 Å². The third-order valence-corrected chi connectivity index (χ3v) is 8.83. The molecule has 0 spiro atoms. The van der Waals surface area contributed by atoms with Crippen LogP contribution < -0.4 is 0 Å². The number of Topliss-reactive ketones (excluding diaryl/α,β-unsaturated/α-hetero) is 4. The van der Waals surface area contributed by atoms with Crippen molar-refractivity contribution in [3.63, 3.8) is 0 Å². The number of aliphatic hydroxyl groups excluding tert-OH is 8. The molecule has 424 valence electrons. The summed E-state index contributed by atoms with van der Waals surface area (Å²) in [5.74, 6) is 31.2. The number of carbonyl (C=O) groups is 4. The van der Waals surface area contributed by atoms with E-state index >= 15 is 0 Å². The summed E-state index contributed by atoms with van der Waals surface area (Å²) in [6.07, 6.45) is 48.2. The summed E-state index contributed by atoms with van der Waals surface area (Å²) in [5.41, 5.74) is 0. The highest BCUT2D eigenvalue weighted by Crippen LogP contribution is 2.04. The third kappa shape index (κ3) is 76.0. The van der Waals surface area contributed by atoms with Gasteiger partial charge in [-0.1, -0.05) is 120 Å². The fourth-order valence-electron chi connectivity index (χ4n) is 4.98. The number of rotatable bonds is 28. The predicted octanol–water partition coefficient (Wildman–Crippen LogP) is 6.65. The number of aliphatic hydroxyl groups is 8. The molecule has 0 rings (SSSR count). The van der Waals surface area contributed by atoms with E-state index in [1.165, 1.54) is 27.7 Å². The summed E-state index contributed by atoms with van der Waals surface area (Å²) in [6.45, 7) is 6.12. The van der Waals surface area contributed by atoms with Gasteiger partial charge in [-0.25, -0.2) is 0 Å². The number of allylic oxidation sites excluding steroid dienone is 12. The highest BCUT2D eigenvalue weighted by Gasteiger charge is 2.03. The molecule has 12 nitrogen and oxygen atoms in total. The fourth-order valence-corrected chi connectivity index (χ4v) is 4.98. The molecule has 0 aromatic rings. The summed E-state index contributed by atoms with van der Waals surface area (Å²) < 4.78 is 0. The molecule has 0 aromatic heterocycles. The molecule has 78 heavy (non-hydrogen) atoms. The number of hydrogen-bond donors (Lipinski definition) is 8. The summed E-state index contributed by atoms with van der Waals surface area (Å²) in [6, 6.07) is 0. The van der Waals surface area contributed by atoms with Gasteiger partial charge in [0.25, 0.3) is 0 Å². The van der Waals surface area contributed by atoms with Gasteiger partial charge in [-0.3, -0.25) is 0 Å². The average Bonchev–Trinajstić information content (AvgIpc) is 3.34. The van der Waals surface area contributed by atoms with E-state index in [2.05, 4.69) is 71.0 Å². The Morgan fingerprint density at radius 2 is 0.526 bits per heavy atom. The molecule has 0 fully saturated rings.